The Morgan fingerprint density at radius 2 is 2.06 bits per heavy atom. The molecule has 2 aromatic rings. The molecule has 0 amide bonds. The van der Waals surface area contributed by atoms with E-state index in [1.54, 1.807) is 11.3 Å². The van der Waals surface area contributed by atoms with Crippen molar-refractivity contribution in [3.05, 3.63) is 51.0 Å². The predicted molar refractivity (Wildman–Crippen MR) is 73.7 cm³/mol. The fourth-order valence-corrected chi connectivity index (χ4v) is 3.04. The van der Waals surface area contributed by atoms with Crippen molar-refractivity contribution in [1.82, 2.24) is 4.98 Å². The van der Waals surface area contributed by atoms with Crippen LogP contribution in [0.5, 0.6) is 0 Å². The van der Waals surface area contributed by atoms with Crippen molar-refractivity contribution >= 4 is 11.3 Å². The summed E-state index contributed by atoms with van der Waals surface area (Å²) in [5.74, 6) is 0.231. The van der Waals surface area contributed by atoms with E-state index in [1.807, 2.05) is 6.92 Å². The molecule has 1 atom stereocenters. The zero-order valence-corrected chi connectivity index (χ0v) is 11.3. The Labute approximate surface area is 107 Å². The highest BCUT2D eigenvalue weighted by Gasteiger charge is 2.17. The molecule has 1 aromatic heterocycles. The monoisotopic (exact) mass is 246 g/mol. The molecule has 0 bridgehead atoms. The van der Waals surface area contributed by atoms with Gasteiger partial charge in [0.15, 0.2) is 0 Å². The van der Waals surface area contributed by atoms with E-state index >= 15 is 0 Å². The van der Waals surface area contributed by atoms with Gasteiger partial charge in [-0.25, -0.2) is 4.98 Å². The van der Waals surface area contributed by atoms with Gasteiger partial charge in [0.2, 0.25) is 0 Å². The molecule has 90 valence electrons. The van der Waals surface area contributed by atoms with Crippen LogP contribution in [0.1, 0.15) is 33.3 Å². The number of rotatable bonds is 3. The smallest absolute Gasteiger partial charge is 0.102 e. The van der Waals surface area contributed by atoms with Gasteiger partial charge in [0.05, 0.1) is 0 Å². The Morgan fingerprint density at radius 1 is 1.29 bits per heavy atom. The first-order valence-electron chi connectivity index (χ1n) is 5.81. The van der Waals surface area contributed by atoms with Crippen molar-refractivity contribution in [2.45, 2.75) is 26.7 Å². The van der Waals surface area contributed by atoms with Crippen LogP contribution in [0.2, 0.25) is 0 Å². The maximum atomic E-state index is 5.92. The van der Waals surface area contributed by atoms with Gasteiger partial charge in [0, 0.05) is 23.5 Å². The summed E-state index contributed by atoms with van der Waals surface area (Å²) in [6, 6.07) is 6.53. The molecule has 0 aliphatic rings. The van der Waals surface area contributed by atoms with Crippen LogP contribution in [-0.2, 0) is 0 Å². The van der Waals surface area contributed by atoms with E-state index in [0.29, 0.717) is 6.54 Å². The van der Waals surface area contributed by atoms with E-state index < -0.39 is 0 Å². The third-order valence-corrected chi connectivity index (χ3v) is 4.05. The summed E-state index contributed by atoms with van der Waals surface area (Å²) < 4.78 is 0. The normalized spacial score (nSPS) is 12.7. The van der Waals surface area contributed by atoms with Crippen molar-refractivity contribution in [2.75, 3.05) is 6.54 Å². The largest absolute Gasteiger partial charge is 0.329 e. The molecule has 0 aliphatic carbocycles. The second-order valence-corrected chi connectivity index (χ2v) is 5.37. The average Bonchev–Trinajstić information content (AvgIpc) is 2.69. The lowest BCUT2D eigenvalue weighted by Gasteiger charge is -2.15. The molecular weight excluding hydrogens is 228 g/mol. The molecule has 1 heterocycles. The van der Waals surface area contributed by atoms with E-state index in [9.17, 15) is 0 Å². The van der Waals surface area contributed by atoms with Crippen LogP contribution in [0.3, 0.4) is 0 Å². The minimum atomic E-state index is 0.231. The summed E-state index contributed by atoms with van der Waals surface area (Å²) in [4.78, 5) is 4.56. The second-order valence-electron chi connectivity index (χ2n) is 4.48. The SMILES string of the molecule is Cc1ccc(C(CN)c2nc(C)cs2)c(C)c1. The number of aryl methyl sites for hydroxylation is 3. The molecule has 0 fully saturated rings. The van der Waals surface area contributed by atoms with E-state index in [-0.39, 0.29) is 5.92 Å². The molecule has 17 heavy (non-hydrogen) atoms. The van der Waals surface area contributed by atoms with Crippen molar-refractivity contribution in [1.29, 1.82) is 0 Å². The molecule has 3 heteroatoms. The lowest BCUT2D eigenvalue weighted by molar-refractivity contribution is 0.799. The minimum Gasteiger partial charge on any atom is -0.329 e. The number of hydrogen-bond acceptors (Lipinski definition) is 3. The maximum absolute atomic E-state index is 5.92. The quantitative estimate of drug-likeness (QED) is 0.903. The Kier molecular flexibility index (Phi) is 3.60. The van der Waals surface area contributed by atoms with Crippen LogP contribution in [0, 0.1) is 20.8 Å². The van der Waals surface area contributed by atoms with Crippen molar-refractivity contribution in [3.63, 3.8) is 0 Å². The standard InChI is InChI=1S/C14H18N2S/c1-9-4-5-12(10(2)6-9)13(7-15)14-16-11(3)8-17-14/h4-6,8,13H,7,15H2,1-3H3. The Bertz CT molecular complexity index is 517. The molecule has 0 saturated heterocycles. The van der Waals surface area contributed by atoms with Crippen LogP contribution in [-0.4, -0.2) is 11.5 Å². The molecule has 1 aromatic carbocycles. The molecule has 0 spiro atoms. The molecule has 2 nitrogen and oxygen atoms in total. The molecule has 0 saturated carbocycles. The summed E-state index contributed by atoms with van der Waals surface area (Å²) in [5, 5.41) is 3.21. The number of nitrogens with zero attached hydrogens (tertiary/aromatic N) is 1. The highest BCUT2D eigenvalue weighted by Crippen LogP contribution is 2.29. The first-order valence-corrected chi connectivity index (χ1v) is 6.69. The number of nitrogens with two attached hydrogens (primary N) is 1. The summed E-state index contributed by atoms with van der Waals surface area (Å²) in [6.45, 7) is 6.89. The lowest BCUT2D eigenvalue weighted by Crippen LogP contribution is -2.15. The van der Waals surface area contributed by atoms with E-state index in [0.717, 1.165) is 10.7 Å². The van der Waals surface area contributed by atoms with E-state index in [4.69, 9.17) is 5.73 Å². The molecule has 2 rings (SSSR count). The zero-order valence-electron chi connectivity index (χ0n) is 10.5. The van der Waals surface area contributed by atoms with Gasteiger partial charge in [-0.3, -0.25) is 0 Å². The first kappa shape index (κ1) is 12.3. The van der Waals surface area contributed by atoms with E-state index in [2.05, 4.69) is 42.4 Å². The predicted octanol–water partition coefficient (Wildman–Crippen LogP) is 3.16. The van der Waals surface area contributed by atoms with Crippen LogP contribution in [0.15, 0.2) is 23.6 Å². The molecular formula is C14H18N2S. The third kappa shape index (κ3) is 2.56. The van der Waals surface area contributed by atoms with Gasteiger partial charge in [0.1, 0.15) is 5.01 Å². The van der Waals surface area contributed by atoms with Crippen molar-refractivity contribution < 1.29 is 0 Å². The highest BCUT2D eigenvalue weighted by atomic mass is 32.1. The van der Waals surface area contributed by atoms with Gasteiger partial charge >= 0.3 is 0 Å². The highest BCUT2D eigenvalue weighted by molar-refractivity contribution is 7.09. The summed E-state index contributed by atoms with van der Waals surface area (Å²) >= 11 is 1.70. The Morgan fingerprint density at radius 3 is 2.59 bits per heavy atom. The zero-order chi connectivity index (χ0) is 12.4. The van der Waals surface area contributed by atoms with E-state index in [1.165, 1.54) is 16.7 Å². The van der Waals surface area contributed by atoms with Gasteiger partial charge in [-0.15, -0.1) is 11.3 Å². The van der Waals surface area contributed by atoms with Crippen molar-refractivity contribution in [2.24, 2.45) is 5.73 Å². The number of benzene rings is 1. The van der Waals surface area contributed by atoms with Gasteiger partial charge in [-0.05, 0) is 31.9 Å². The van der Waals surface area contributed by atoms with Crippen LogP contribution >= 0.6 is 11.3 Å². The van der Waals surface area contributed by atoms with Crippen LogP contribution in [0.25, 0.3) is 0 Å². The van der Waals surface area contributed by atoms with Gasteiger partial charge in [-0.1, -0.05) is 23.8 Å². The number of thiazole rings is 1. The van der Waals surface area contributed by atoms with Gasteiger partial charge in [0.25, 0.3) is 0 Å². The fourth-order valence-electron chi connectivity index (χ4n) is 2.11. The summed E-state index contributed by atoms with van der Waals surface area (Å²) in [5.41, 5.74) is 10.9. The topological polar surface area (TPSA) is 38.9 Å². The number of aromatic nitrogens is 1. The molecule has 0 aliphatic heterocycles. The minimum absolute atomic E-state index is 0.231. The van der Waals surface area contributed by atoms with Gasteiger partial charge < -0.3 is 5.73 Å². The summed E-state index contributed by atoms with van der Waals surface area (Å²) in [7, 11) is 0. The first-order chi connectivity index (χ1) is 8.11. The van der Waals surface area contributed by atoms with Crippen molar-refractivity contribution in [3.8, 4) is 0 Å². The molecule has 0 radical (unpaired) electrons. The Balaban J connectivity index is 2.42. The fraction of sp³-hybridized carbons (Fsp3) is 0.357. The summed E-state index contributed by atoms with van der Waals surface area (Å²) in [6.07, 6.45) is 0. The Hall–Kier alpha value is -1.19. The second kappa shape index (κ2) is 4.98. The lowest BCUT2D eigenvalue weighted by atomic mass is 9.94. The van der Waals surface area contributed by atoms with Crippen LogP contribution < -0.4 is 5.73 Å². The molecule has 2 N–H and O–H groups in total. The number of hydrogen-bond donors (Lipinski definition) is 1. The average molecular weight is 246 g/mol. The maximum Gasteiger partial charge on any atom is 0.102 e. The molecule has 1 unspecified atom stereocenters. The van der Waals surface area contributed by atoms with Gasteiger partial charge in [-0.2, -0.15) is 0 Å². The van der Waals surface area contributed by atoms with Crippen LogP contribution in [0.4, 0.5) is 0 Å². The third-order valence-electron chi connectivity index (χ3n) is 2.97.